The molecule has 8 heteroatoms. The van der Waals surface area contributed by atoms with Crippen LogP contribution >= 0.6 is 23.4 Å². The highest BCUT2D eigenvalue weighted by molar-refractivity contribution is 7.98. The molecule has 0 amide bonds. The second kappa shape index (κ2) is 8.62. The second-order valence-electron chi connectivity index (χ2n) is 7.50. The van der Waals surface area contributed by atoms with Crippen LogP contribution in [-0.4, -0.2) is 18.9 Å². The number of hydrogen-bond acceptors (Lipinski definition) is 5. The van der Waals surface area contributed by atoms with E-state index in [2.05, 4.69) is 18.8 Å². The minimum Gasteiger partial charge on any atom is -0.287 e. The molecule has 30 heavy (non-hydrogen) atoms. The van der Waals surface area contributed by atoms with Crippen LogP contribution in [-0.2, 0) is 12.3 Å². The quantitative estimate of drug-likeness (QED) is 0.328. The van der Waals surface area contributed by atoms with Crippen molar-refractivity contribution in [2.45, 2.75) is 37.7 Å². The number of aromatic nitrogens is 4. The average Bonchev–Trinajstić information content (AvgIpc) is 2.72. The normalized spacial score (nSPS) is 11.6. The van der Waals surface area contributed by atoms with Crippen LogP contribution in [0.5, 0.6) is 0 Å². The fraction of sp³-hybridized carbons (Fsp3) is 0.273. The van der Waals surface area contributed by atoms with E-state index in [-0.39, 0.29) is 11.1 Å². The first-order valence-electron chi connectivity index (χ1n) is 9.72. The van der Waals surface area contributed by atoms with Gasteiger partial charge in [0.2, 0.25) is 0 Å². The summed E-state index contributed by atoms with van der Waals surface area (Å²) < 4.78 is 3.16. The number of para-hydroxylation sites is 1. The van der Waals surface area contributed by atoms with E-state index in [9.17, 15) is 9.59 Å². The van der Waals surface area contributed by atoms with Crippen LogP contribution < -0.4 is 11.1 Å². The lowest BCUT2D eigenvalue weighted by Gasteiger charge is -2.14. The Morgan fingerprint density at radius 2 is 1.90 bits per heavy atom. The lowest BCUT2D eigenvalue weighted by molar-refractivity contribution is 0.481. The number of rotatable bonds is 6. The fourth-order valence-corrected chi connectivity index (χ4v) is 4.26. The van der Waals surface area contributed by atoms with Crippen LogP contribution in [0.3, 0.4) is 0 Å². The molecule has 0 aliphatic carbocycles. The predicted molar refractivity (Wildman–Crippen MR) is 121 cm³/mol. The molecule has 0 spiro atoms. The van der Waals surface area contributed by atoms with Crippen LogP contribution in [0.25, 0.3) is 16.6 Å². The van der Waals surface area contributed by atoms with Crippen molar-refractivity contribution >= 4 is 39.9 Å². The molecule has 1 aromatic carbocycles. The average molecular weight is 441 g/mol. The van der Waals surface area contributed by atoms with Crippen molar-refractivity contribution in [1.82, 2.24) is 18.9 Å². The minimum atomic E-state index is -0.193. The van der Waals surface area contributed by atoms with Gasteiger partial charge < -0.3 is 0 Å². The topological polar surface area (TPSA) is 69.3 Å². The molecule has 154 valence electrons. The van der Waals surface area contributed by atoms with E-state index in [1.165, 1.54) is 22.2 Å². The van der Waals surface area contributed by atoms with Gasteiger partial charge in [0.1, 0.15) is 5.65 Å². The van der Waals surface area contributed by atoms with Gasteiger partial charge in [0.25, 0.3) is 11.1 Å². The lowest BCUT2D eigenvalue weighted by Crippen LogP contribution is -2.24. The Morgan fingerprint density at radius 3 is 2.70 bits per heavy atom. The molecule has 0 aliphatic rings. The van der Waals surface area contributed by atoms with Crippen molar-refractivity contribution in [3.63, 3.8) is 0 Å². The molecule has 3 heterocycles. The first kappa shape index (κ1) is 20.6. The van der Waals surface area contributed by atoms with Crippen LogP contribution in [0.1, 0.15) is 26.0 Å². The minimum absolute atomic E-state index is 0.0371. The molecule has 0 unspecified atom stereocenters. The van der Waals surface area contributed by atoms with Gasteiger partial charge in [-0.2, -0.15) is 0 Å². The molecule has 0 bridgehead atoms. The molecule has 4 rings (SSSR count). The summed E-state index contributed by atoms with van der Waals surface area (Å²) in [6.07, 6.45) is 2.43. The Kier molecular flexibility index (Phi) is 5.92. The van der Waals surface area contributed by atoms with Crippen molar-refractivity contribution in [1.29, 1.82) is 0 Å². The van der Waals surface area contributed by atoms with Gasteiger partial charge in [0, 0.05) is 24.6 Å². The summed E-state index contributed by atoms with van der Waals surface area (Å²) in [5, 5.41) is 1.73. The summed E-state index contributed by atoms with van der Waals surface area (Å²) in [7, 11) is 0. The van der Waals surface area contributed by atoms with E-state index in [0.717, 1.165) is 6.42 Å². The van der Waals surface area contributed by atoms with Crippen LogP contribution in [0.2, 0.25) is 5.02 Å². The molecule has 0 fully saturated rings. The number of hydrogen-bond donors (Lipinski definition) is 0. The van der Waals surface area contributed by atoms with E-state index >= 15 is 0 Å². The lowest BCUT2D eigenvalue weighted by atomic mass is 10.1. The Labute approximate surface area is 182 Å². The molecule has 0 saturated carbocycles. The van der Waals surface area contributed by atoms with Crippen molar-refractivity contribution < 1.29 is 0 Å². The summed E-state index contributed by atoms with van der Waals surface area (Å²) in [6, 6.07) is 12.3. The molecule has 0 atom stereocenters. The molecule has 6 nitrogen and oxygen atoms in total. The summed E-state index contributed by atoms with van der Waals surface area (Å²) >= 11 is 7.39. The van der Waals surface area contributed by atoms with Gasteiger partial charge in [0.15, 0.2) is 5.16 Å². The Bertz CT molecular complexity index is 1350. The van der Waals surface area contributed by atoms with E-state index < -0.39 is 0 Å². The number of nitrogens with zero attached hydrogens (tertiary/aromatic N) is 4. The smallest absolute Gasteiger partial charge is 0.262 e. The predicted octanol–water partition coefficient (Wildman–Crippen LogP) is 4.40. The maximum absolute atomic E-state index is 13.1. The first-order valence-corrected chi connectivity index (χ1v) is 11.1. The monoisotopic (exact) mass is 440 g/mol. The summed E-state index contributed by atoms with van der Waals surface area (Å²) in [6.45, 7) is 4.86. The largest absolute Gasteiger partial charge is 0.287 e. The third kappa shape index (κ3) is 4.27. The maximum Gasteiger partial charge on any atom is 0.262 e. The molecule has 0 aliphatic heterocycles. The van der Waals surface area contributed by atoms with Gasteiger partial charge in [-0.3, -0.25) is 18.6 Å². The van der Waals surface area contributed by atoms with Gasteiger partial charge in [-0.15, -0.1) is 0 Å². The zero-order valence-corrected chi connectivity index (χ0v) is 18.3. The van der Waals surface area contributed by atoms with Crippen molar-refractivity contribution in [2.75, 3.05) is 0 Å². The third-order valence-electron chi connectivity index (χ3n) is 4.78. The highest BCUT2D eigenvalue weighted by Gasteiger charge is 2.13. The Hall–Kier alpha value is -2.64. The molecule has 0 saturated heterocycles. The second-order valence-corrected chi connectivity index (χ2v) is 8.88. The highest BCUT2D eigenvalue weighted by atomic mass is 35.5. The van der Waals surface area contributed by atoms with E-state index in [4.69, 9.17) is 16.6 Å². The van der Waals surface area contributed by atoms with Gasteiger partial charge >= 0.3 is 0 Å². The zero-order valence-electron chi connectivity index (χ0n) is 16.7. The Balaban J connectivity index is 1.70. The van der Waals surface area contributed by atoms with Gasteiger partial charge in [0.05, 0.1) is 21.6 Å². The van der Waals surface area contributed by atoms with Crippen molar-refractivity contribution in [3.05, 3.63) is 80.1 Å². The zero-order chi connectivity index (χ0) is 21.3. The molecular formula is C22H21ClN4O2S. The first-order chi connectivity index (χ1) is 14.4. The standard InChI is InChI=1S/C22H21ClN4O2S/c1-14(2)9-10-26-21(29)17-5-3-4-6-18(17)25-22(26)30-13-16-11-20(28)27-12-15(23)7-8-19(27)24-16/h3-8,11-12,14H,9-10,13H2,1-2H3. The molecule has 0 N–H and O–H groups in total. The third-order valence-corrected chi connectivity index (χ3v) is 6.02. The fourth-order valence-electron chi connectivity index (χ4n) is 3.18. The number of pyridine rings is 1. The molecular weight excluding hydrogens is 420 g/mol. The summed E-state index contributed by atoms with van der Waals surface area (Å²) in [4.78, 5) is 34.8. The van der Waals surface area contributed by atoms with Crippen molar-refractivity contribution in [3.8, 4) is 0 Å². The number of halogens is 1. The van der Waals surface area contributed by atoms with Gasteiger partial charge in [-0.1, -0.05) is 49.3 Å². The van der Waals surface area contributed by atoms with Crippen LogP contribution in [0, 0.1) is 5.92 Å². The van der Waals surface area contributed by atoms with Crippen molar-refractivity contribution in [2.24, 2.45) is 5.92 Å². The SMILES string of the molecule is CC(C)CCn1c(SCc2cc(=O)n3cc(Cl)ccc3n2)nc2ccccc2c1=O. The Morgan fingerprint density at radius 1 is 1.10 bits per heavy atom. The van der Waals surface area contributed by atoms with E-state index in [0.29, 0.717) is 50.6 Å². The molecule has 3 aromatic heterocycles. The number of fused-ring (bicyclic) bond motifs is 2. The highest BCUT2D eigenvalue weighted by Crippen LogP contribution is 2.22. The van der Waals surface area contributed by atoms with Crippen LogP contribution in [0.4, 0.5) is 0 Å². The van der Waals surface area contributed by atoms with Crippen LogP contribution in [0.15, 0.2) is 63.4 Å². The number of thioether (sulfide) groups is 1. The van der Waals surface area contributed by atoms with E-state index in [1.54, 1.807) is 22.9 Å². The van der Waals surface area contributed by atoms with Gasteiger partial charge in [-0.05, 0) is 36.6 Å². The number of benzene rings is 1. The maximum atomic E-state index is 13.1. The molecule has 0 radical (unpaired) electrons. The van der Waals surface area contributed by atoms with Gasteiger partial charge in [-0.25, -0.2) is 9.97 Å². The summed E-state index contributed by atoms with van der Waals surface area (Å²) in [5.41, 5.74) is 1.61. The molecule has 4 aromatic rings. The van der Waals surface area contributed by atoms with E-state index in [1.807, 2.05) is 24.3 Å². The summed E-state index contributed by atoms with van der Waals surface area (Å²) in [5.74, 6) is 0.899.